The fourth-order valence-corrected chi connectivity index (χ4v) is 0.692. The molecular formula is C7H15N3O2. The second-order valence-electron chi connectivity index (χ2n) is 2.41. The lowest BCUT2D eigenvalue weighted by Crippen LogP contribution is -2.29. The van der Waals surface area contributed by atoms with Gasteiger partial charge in [-0.3, -0.25) is 9.79 Å². The molecule has 5 nitrogen and oxygen atoms in total. The molecule has 0 unspecified atom stereocenters. The summed E-state index contributed by atoms with van der Waals surface area (Å²) in [5, 5.41) is 8.40. The fourth-order valence-electron chi connectivity index (χ4n) is 0.692. The molecule has 0 aliphatic heterocycles. The molecule has 1 atom stereocenters. The molecule has 12 heavy (non-hydrogen) atoms. The van der Waals surface area contributed by atoms with E-state index in [4.69, 9.17) is 16.6 Å². The molecule has 0 aromatic rings. The van der Waals surface area contributed by atoms with Gasteiger partial charge in [0.2, 0.25) is 0 Å². The highest BCUT2D eigenvalue weighted by molar-refractivity contribution is 5.72. The maximum atomic E-state index is 10.2. The molecule has 0 saturated carbocycles. The molecular weight excluding hydrogens is 158 g/mol. The van der Waals surface area contributed by atoms with Crippen LogP contribution in [0.4, 0.5) is 0 Å². The van der Waals surface area contributed by atoms with E-state index >= 15 is 0 Å². The van der Waals surface area contributed by atoms with Crippen molar-refractivity contribution in [1.82, 2.24) is 0 Å². The van der Waals surface area contributed by atoms with Crippen molar-refractivity contribution in [2.24, 2.45) is 16.5 Å². The van der Waals surface area contributed by atoms with E-state index in [-0.39, 0.29) is 0 Å². The number of nitrogens with two attached hydrogens (primary N) is 2. The largest absolute Gasteiger partial charge is 0.480 e. The van der Waals surface area contributed by atoms with Crippen LogP contribution < -0.4 is 11.5 Å². The number of carboxylic acids is 1. The summed E-state index contributed by atoms with van der Waals surface area (Å²) in [5.41, 5.74) is 10.4. The quantitative estimate of drug-likeness (QED) is 0.362. The smallest absolute Gasteiger partial charge is 0.320 e. The van der Waals surface area contributed by atoms with E-state index in [1.165, 1.54) is 0 Å². The second-order valence-corrected chi connectivity index (χ2v) is 2.41. The monoisotopic (exact) mass is 173 g/mol. The molecule has 0 aromatic carbocycles. The standard InChI is InChI=1S/C7H15N3O2/c8-3-5-10-4-1-2-6(9)7(11)12/h5-6H,1-4,8-9H2,(H,11,12)/t6-/m1/s1. The molecule has 0 heterocycles. The number of aliphatic imine (C=N–C) groups is 1. The molecule has 0 saturated heterocycles. The van der Waals surface area contributed by atoms with Crippen LogP contribution >= 0.6 is 0 Å². The molecule has 0 radical (unpaired) electrons. The van der Waals surface area contributed by atoms with Gasteiger partial charge >= 0.3 is 5.97 Å². The molecule has 5 N–H and O–H groups in total. The molecule has 5 heteroatoms. The van der Waals surface area contributed by atoms with Crippen molar-refractivity contribution in [3.63, 3.8) is 0 Å². The van der Waals surface area contributed by atoms with Gasteiger partial charge in [-0.05, 0) is 12.8 Å². The van der Waals surface area contributed by atoms with Gasteiger partial charge in [0.05, 0.1) is 0 Å². The lowest BCUT2D eigenvalue weighted by Gasteiger charge is -2.02. The van der Waals surface area contributed by atoms with Gasteiger partial charge < -0.3 is 16.6 Å². The molecule has 70 valence electrons. The molecule has 0 aliphatic carbocycles. The number of aliphatic carboxylic acids is 1. The Balaban J connectivity index is 3.31. The van der Waals surface area contributed by atoms with Gasteiger partial charge in [-0.25, -0.2) is 0 Å². The van der Waals surface area contributed by atoms with Gasteiger partial charge in [-0.1, -0.05) is 0 Å². The van der Waals surface area contributed by atoms with Gasteiger partial charge in [0.25, 0.3) is 0 Å². The Bertz CT molecular complexity index is 159. The van der Waals surface area contributed by atoms with Crippen LogP contribution in [-0.4, -0.2) is 36.4 Å². The van der Waals surface area contributed by atoms with E-state index < -0.39 is 12.0 Å². The number of hydrogen-bond donors (Lipinski definition) is 3. The average molecular weight is 173 g/mol. The van der Waals surface area contributed by atoms with Crippen LogP contribution in [-0.2, 0) is 4.79 Å². The Hall–Kier alpha value is -0.940. The zero-order valence-corrected chi connectivity index (χ0v) is 6.94. The number of carbonyl (C=O) groups is 1. The van der Waals surface area contributed by atoms with E-state index in [0.29, 0.717) is 25.9 Å². The van der Waals surface area contributed by atoms with Crippen LogP contribution in [0, 0.1) is 0 Å². The van der Waals surface area contributed by atoms with Gasteiger partial charge in [0.1, 0.15) is 6.04 Å². The minimum Gasteiger partial charge on any atom is -0.480 e. The minimum absolute atomic E-state index is 0.422. The Morgan fingerprint density at radius 2 is 2.33 bits per heavy atom. The summed E-state index contributed by atoms with van der Waals surface area (Å²) in [4.78, 5) is 14.2. The van der Waals surface area contributed by atoms with Crippen molar-refractivity contribution in [3.05, 3.63) is 0 Å². The number of carboxylic acid groups (broad SMARTS) is 1. The minimum atomic E-state index is -0.960. The number of hydrogen-bond acceptors (Lipinski definition) is 4. The summed E-state index contributed by atoms with van der Waals surface area (Å²) in [6.45, 7) is 1.02. The predicted octanol–water partition coefficient (Wildman–Crippen LogP) is -0.792. The maximum absolute atomic E-state index is 10.2. The van der Waals surface area contributed by atoms with Crippen LogP contribution in [0.25, 0.3) is 0 Å². The predicted molar refractivity (Wildman–Crippen MR) is 47.3 cm³/mol. The van der Waals surface area contributed by atoms with Crippen molar-refractivity contribution >= 4 is 12.2 Å². The van der Waals surface area contributed by atoms with E-state index in [1.54, 1.807) is 6.21 Å². The first kappa shape index (κ1) is 11.1. The summed E-state index contributed by atoms with van der Waals surface area (Å²) >= 11 is 0. The topological polar surface area (TPSA) is 102 Å². The third-order valence-corrected chi connectivity index (χ3v) is 1.35. The fraction of sp³-hybridized carbons (Fsp3) is 0.714. The molecule has 0 spiro atoms. The van der Waals surface area contributed by atoms with Crippen molar-refractivity contribution < 1.29 is 9.90 Å². The molecule has 0 aromatic heterocycles. The highest BCUT2D eigenvalue weighted by Crippen LogP contribution is 1.94. The van der Waals surface area contributed by atoms with Gasteiger partial charge in [0, 0.05) is 19.3 Å². The van der Waals surface area contributed by atoms with Crippen LogP contribution in [0.5, 0.6) is 0 Å². The maximum Gasteiger partial charge on any atom is 0.320 e. The highest BCUT2D eigenvalue weighted by atomic mass is 16.4. The van der Waals surface area contributed by atoms with Crippen LogP contribution in [0.2, 0.25) is 0 Å². The second kappa shape index (κ2) is 6.75. The summed E-state index contributed by atoms with van der Waals surface area (Å²) in [5.74, 6) is -0.960. The zero-order chi connectivity index (χ0) is 9.40. The van der Waals surface area contributed by atoms with Crippen molar-refractivity contribution in [1.29, 1.82) is 0 Å². The Labute approximate surface area is 71.5 Å². The van der Waals surface area contributed by atoms with E-state index in [1.807, 2.05) is 0 Å². The van der Waals surface area contributed by atoms with E-state index in [2.05, 4.69) is 4.99 Å². The molecule has 0 aliphatic rings. The first-order chi connectivity index (χ1) is 5.68. The third-order valence-electron chi connectivity index (χ3n) is 1.35. The van der Waals surface area contributed by atoms with Crippen LogP contribution in [0.15, 0.2) is 4.99 Å². The SMILES string of the molecule is NCC=NCCC[C@@H](N)C(=O)O. The molecule has 0 amide bonds. The third kappa shape index (κ3) is 5.82. The van der Waals surface area contributed by atoms with E-state index in [0.717, 1.165) is 0 Å². The Morgan fingerprint density at radius 3 is 2.83 bits per heavy atom. The number of rotatable bonds is 6. The van der Waals surface area contributed by atoms with E-state index in [9.17, 15) is 4.79 Å². The first-order valence-corrected chi connectivity index (χ1v) is 3.85. The number of nitrogens with zero attached hydrogens (tertiary/aromatic N) is 1. The lowest BCUT2D eigenvalue weighted by atomic mass is 10.2. The average Bonchev–Trinajstić information content (AvgIpc) is 2.03. The normalized spacial score (nSPS) is 13.5. The van der Waals surface area contributed by atoms with Crippen LogP contribution in [0.1, 0.15) is 12.8 Å². The molecule has 0 rings (SSSR count). The van der Waals surface area contributed by atoms with Crippen molar-refractivity contribution in [2.75, 3.05) is 13.1 Å². The summed E-state index contributed by atoms with van der Waals surface area (Å²) in [6, 6.07) is -0.766. The Kier molecular flexibility index (Phi) is 6.22. The first-order valence-electron chi connectivity index (χ1n) is 3.85. The summed E-state index contributed by atoms with van der Waals surface area (Å²) in [7, 11) is 0. The Morgan fingerprint density at radius 1 is 1.67 bits per heavy atom. The molecule has 0 bridgehead atoms. The molecule has 0 fully saturated rings. The van der Waals surface area contributed by atoms with Crippen molar-refractivity contribution in [2.45, 2.75) is 18.9 Å². The summed E-state index contributed by atoms with van der Waals surface area (Å²) < 4.78 is 0. The zero-order valence-electron chi connectivity index (χ0n) is 6.94. The summed E-state index contributed by atoms with van der Waals surface area (Å²) in [6.07, 6.45) is 2.74. The van der Waals surface area contributed by atoms with Crippen molar-refractivity contribution in [3.8, 4) is 0 Å². The van der Waals surface area contributed by atoms with Crippen LogP contribution in [0.3, 0.4) is 0 Å². The van der Waals surface area contributed by atoms with Gasteiger partial charge in [0.15, 0.2) is 0 Å². The highest BCUT2D eigenvalue weighted by Gasteiger charge is 2.09. The lowest BCUT2D eigenvalue weighted by molar-refractivity contribution is -0.138. The van der Waals surface area contributed by atoms with Gasteiger partial charge in [-0.2, -0.15) is 0 Å². The van der Waals surface area contributed by atoms with Gasteiger partial charge in [-0.15, -0.1) is 0 Å².